The van der Waals surface area contributed by atoms with Gasteiger partial charge in [0.15, 0.2) is 0 Å². The smallest absolute Gasteiger partial charge is 0.257 e. The topological polar surface area (TPSA) is 94.0 Å². The Kier molecular flexibility index (Phi) is 5.55. The lowest BCUT2D eigenvalue weighted by molar-refractivity contribution is -0.113. The lowest BCUT2D eigenvalue weighted by atomic mass is 9.94. The van der Waals surface area contributed by atoms with E-state index in [2.05, 4.69) is 25.7 Å². The molecule has 0 saturated heterocycles. The molecular formula is C25H22N6O2. The Balaban J connectivity index is 1.53. The molecule has 1 atom stereocenters. The normalized spacial score (nSPS) is 14.9. The minimum absolute atomic E-state index is 0.275. The van der Waals surface area contributed by atoms with E-state index >= 15 is 0 Å². The van der Waals surface area contributed by atoms with Crippen LogP contribution in [-0.4, -0.2) is 25.7 Å². The number of ether oxygens (including phenoxy) is 1. The number of hydrogen-bond donors (Lipinski definition) is 2. The molecule has 1 aliphatic heterocycles. The van der Waals surface area contributed by atoms with Gasteiger partial charge in [0.05, 0.1) is 5.57 Å². The van der Waals surface area contributed by atoms with Gasteiger partial charge in [-0.05, 0) is 30.7 Å². The summed E-state index contributed by atoms with van der Waals surface area (Å²) in [4.78, 5) is 22.0. The first kappa shape index (κ1) is 20.4. The molecule has 4 aromatic rings. The predicted molar refractivity (Wildman–Crippen MR) is 125 cm³/mol. The molecule has 5 rings (SSSR count). The summed E-state index contributed by atoms with van der Waals surface area (Å²) in [5.74, 6) is 1.43. The maximum absolute atomic E-state index is 13.4. The van der Waals surface area contributed by atoms with E-state index in [0.717, 1.165) is 11.1 Å². The molecule has 0 saturated carbocycles. The van der Waals surface area contributed by atoms with Crippen molar-refractivity contribution in [1.29, 1.82) is 0 Å². The number of carbonyl (C=O) groups is 1. The lowest BCUT2D eigenvalue weighted by Gasteiger charge is -2.29. The highest BCUT2D eigenvalue weighted by Crippen LogP contribution is 2.39. The van der Waals surface area contributed by atoms with Gasteiger partial charge in [-0.1, -0.05) is 54.6 Å². The van der Waals surface area contributed by atoms with E-state index in [9.17, 15) is 4.79 Å². The van der Waals surface area contributed by atoms with Crippen LogP contribution in [0.5, 0.6) is 5.75 Å². The number of fused-ring (bicyclic) bond motifs is 1. The zero-order valence-electron chi connectivity index (χ0n) is 18.0. The summed E-state index contributed by atoms with van der Waals surface area (Å²) >= 11 is 0. The quantitative estimate of drug-likeness (QED) is 0.469. The van der Waals surface area contributed by atoms with E-state index in [1.54, 1.807) is 23.0 Å². The number of amides is 1. The average Bonchev–Trinajstić information content (AvgIpc) is 3.31. The van der Waals surface area contributed by atoms with Crippen molar-refractivity contribution < 1.29 is 9.53 Å². The van der Waals surface area contributed by atoms with Crippen molar-refractivity contribution in [2.75, 3.05) is 10.6 Å². The largest absolute Gasteiger partial charge is 0.489 e. The first-order chi connectivity index (χ1) is 16.2. The second-order valence-electron chi connectivity index (χ2n) is 7.58. The molecule has 0 bridgehead atoms. The van der Waals surface area contributed by atoms with Crippen LogP contribution < -0.4 is 15.4 Å². The third-order valence-corrected chi connectivity index (χ3v) is 5.40. The highest BCUT2D eigenvalue weighted by atomic mass is 16.5. The number of anilines is 2. The van der Waals surface area contributed by atoms with Crippen molar-refractivity contribution in [2.24, 2.45) is 0 Å². The fourth-order valence-electron chi connectivity index (χ4n) is 3.87. The van der Waals surface area contributed by atoms with Crippen LogP contribution in [0.3, 0.4) is 0 Å². The van der Waals surface area contributed by atoms with Crippen molar-refractivity contribution in [3.8, 4) is 5.75 Å². The van der Waals surface area contributed by atoms with E-state index < -0.39 is 6.04 Å². The van der Waals surface area contributed by atoms with Crippen molar-refractivity contribution in [3.63, 3.8) is 0 Å². The van der Waals surface area contributed by atoms with Crippen LogP contribution in [0.15, 0.2) is 96.6 Å². The van der Waals surface area contributed by atoms with Crippen LogP contribution in [0.1, 0.15) is 24.1 Å². The van der Waals surface area contributed by atoms with Gasteiger partial charge < -0.3 is 15.4 Å². The summed E-state index contributed by atoms with van der Waals surface area (Å²) in [6.45, 7) is 2.26. The summed E-state index contributed by atoms with van der Waals surface area (Å²) < 4.78 is 7.90. The third-order valence-electron chi connectivity index (χ3n) is 5.40. The summed E-state index contributed by atoms with van der Waals surface area (Å²) in [5, 5.41) is 10.5. The molecule has 1 aliphatic rings. The number of aromatic nitrogens is 4. The van der Waals surface area contributed by atoms with Gasteiger partial charge in [0.1, 0.15) is 30.5 Å². The fraction of sp³-hybridized carbons (Fsp3) is 0.120. The maximum Gasteiger partial charge on any atom is 0.257 e. The Morgan fingerprint density at radius 3 is 2.64 bits per heavy atom. The molecule has 164 valence electrons. The fourth-order valence-corrected chi connectivity index (χ4v) is 3.87. The Hall–Kier alpha value is -4.46. The van der Waals surface area contributed by atoms with Gasteiger partial charge in [0.2, 0.25) is 5.95 Å². The molecule has 2 N–H and O–H groups in total. The van der Waals surface area contributed by atoms with Crippen LogP contribution in [-0.2, 0) is 11.4 Å². The summed E-state index contributed by atoms with van der Waals surface area (Å²) in [7, 11) is 0. The lowest BCUT2D eigenvalue weighted by Crippen LogP contribution is -2.32. The molecule has 0 radical (unpaired) electrons. The number of carbonyl (C=O) groups excluding carboxylic acids is 1. The average molecular weight is 438 g/mol. The Morgan fingerprint density at radius 1 is 1.03 bits per heavy atom. The Labute approximate surface area is 191 Å². The minimum Gasteiger partial charge on any atom is -0.489 e. The number of para-hydroxylation sites is 1. The number of hydrogen-bond acceptors (Lipinski definition) is 6. The Morgan fingerprint density at radius 2 is 1.82 bits per heavy atom. The minimum atomic E-state index is -0.528. The van der Waals surface area contributed by atoms with Gasteiger partial charge in [-0.3, -0.25) is 4.79 Å². The van der Waals surface area contributed by atoms with E-state index in [1.165, 1.54) is 6.33 Å². The van der Waals surface area contributed by atoms with Gasteiger partial charge in [0, 0.05) is 17.5 Å². The highest BCUT2D eigenvalue weighted by Gasteiger charge is 2.35. The molecule has 0 fully saturated rings. The van der Waals surface area contributed by atoms with Gasteiger partial charge in [-0.2, -0.15) is 10.1 Å². The van der Waals surface area contributed by atoms with Crippen LogP contribution in [0, 0.1) is 0 Å². The zero-order chi connectivity index (χ0) is 22.6. The van der Waals surface area contributed by atoms with E-state index in [0.29, 0.717) is 35.4 Å². The summed E-state index contributed by atoms with van der Waals surface area (Å²) in [6, 6.07) is 22.5. The van der Waals surface area contributed by atoms with Crippen molar-refractivity contribution in [1.82, 2.24) is 19.7 Å². The number of rotatable bonds is 6. The molecule has 2 aromatic heterocycles. The molecule has 33 heavy (non-hydrogen) atoms. The molecule has 1 unspecified atom stereocenters. The van der Waals surface area contributed by atoms with Crippen LogP contribution >= 0.6 is 0 Å². The number of pyridine rings is 1. The molecule has 3 heterocycles. The van der Waals surface area contributed by atoms with Crippen molar-refractivity contribution >= 4 is 17.7 Å². The highest BCUT2D eigenvalue weighted by molar-refractivity contribution is 6.05. The van der Waals surface area contributed by atoms with Gasteiger partial charge >= 0.3 is 0 Å². The Bertz CT molecular complexity index is 1300. The first-order valence-electron chi connectivity index (χ1n) is 10.6. The number of nitrogens with zero attached hydrogens (tertiary/aromatic N) is 4. The van der Waals surface area contributed by atoms with Gasteiger partial charge in [-0.15, -0.1) is 0 Å². The molecule has 0 spiro atoms. The molecule has 8 nitrogen and oxygen atoms in total. The molecule has 1 amide bonds. The van der Waals surface area contributed by atoms with Crippen molar-refractivity contribution in [3.05, 3.63) is 108 Å². The first-order valence-corrected chi connectivity index (χ1v) is 10.6. The molecule has 0 aliphatic carbocycles. The second kappa shape index (κ2) is 8.96. The van der Waals surface area contributed by atoms with Gasteiger partial charge in [-0.25, -0.2) is 9.67 Å². The van der Waals surface area contributed by atoms with Crippen LogP contribution in [0.25, 0.3) is 0 Å². The van der Waals surface area contributed by atoms with Crippen molar-refractivity contribution in [2.45, 2.75) is 19.6 Å². The van der Waals surface area contributed by atoms with Crippen LogP contribution in [0.2, 0.25) is 0 Å². The predicted octanol–water partition coefficient (Wildman–Crippen LogP) is 4.18. The standard InChI is InChI=1S/C25H22N6O2/c1-17-22(24(32)30-21-13-7-8-14-26-21)23(31-25(29-17)27-16-28-31)19-11-5-6-12-20(19)33-15-18-9-3-2-4-10-18/h2-14,16,23H,15H2,1H3,(H,26,30,32)(H,27,28,29). The van der Waals surface area contributed by atoms with E-state index in [-0.39, 0.29) is 5.91 Å². The maximum atomic E-state index is 13.4. The molecule has 8 heteroatoms. The van der Waals surface area contributed by atoms with Crippen LogP contribution in [0.4, 0.5) is 11.8 Å². The number of benzene rings is 2. The number of nitrogens with one attached hydrogen (secondary N) is 2. The zero-order valence-corrected chi connectivity index (χ0v) is 18.0. The summed E-state index contributed by atoms with van der Waals surface area (Å²) in [5.41, 5.74) is 3.06. The van der Waals surface area contributed by atoms with E-state index in [4.69, 9.17) is 4.74 Å². The van der Waals surface area contributed by atoms with E-state index in [1.807, 2.05) is 67.6 Å². The SMILES string of the molecule is CC1=C(C(=O)Nc2ccccn2)C(c2ccccc2OCc2ccccc2)n2ncnc2N1. The third kappa shape index (κ3) is 4.18. The van der Waals surface area contributed by atoms with Gasteiger partial charge in [0.25, 0.3) is 5.91 Å². The molecule has 2 aromatic carbocycles. The summed E-state index contributed by atoms with van der Waals surface area (Å²) in [6.07, 6.45) is 3.10. The second-order valence-corrected chi connectivity index (χ2v) is 7.58. The monoisotopic (exact) mass is 438 g/mol. The number of allylic oxidation sites excluding steroid dienone is 1. The molecular weight excluding hydrogens is 416 g/mol.